The van der Waals surface area contributed by atoms with Crippen LogP contribution in [0.1, 0.15) is 16.7 Å². The van der Waals surface area contributed by atoms with Gasteiger partial charge in [-0.05, 0) is 49.0 Å². The van der Waals surface area contributed by atoms with Crippen LogP contribution in [0.15, 0.2) is 59.6 Å². The maximum absolute atomic E-state index is 12.7. The van der Waals surface area contributed by atoms with E-state index >= 15 is 0 Å². The average molecular weight is 402 g/mol. The molecule has 0 aliphatic heterocycles. The lowest BCUT2D eigenvalue weighted by atomic mass is 10.1. The number of nitrogens with one attached hydrogen (secondary N) is 2. The van der Waals surface area contributed by atoms with Crippen LogP contribution in [0.5, 0.6) is 5.75 Å². The van der Waals surface area contributed by atoms with Crippen LogP contribution in [-0.4, -0.2) is 25.5 Å². The lowest BCUT2D eigenvalue weighted by Gasteiger charge is -2.13. The Hall–Kier alpha value is -2.71. The number of methoxy groups -OCH3 is 1. The van der Waals surface area contributed by atoms with Crippen molar-refractivity contribution in [2.75, 3.05) is 11.8 Å². The lowest BCUT2D eigenvalue weighted by molar-refractivity contribution is 0.414. The molecule has 0 bridgehead atoms. The van der Waals surface area contributed by atoms with Crippen molar-refractivity contribution in [3.8, 4) is 5.75 Å². The van der Waals surface area contributed by atoms with Crippen LogP contribution in [0.2, 0.25) is 0 Å². The zero-order valence-electron chi connectivity index (χ0n) is 14.9. The van der Waals surface area contributed by atoms with Gasteiger partial charge in [-0.1, -0.05) is 29.8 Å². The molecule has 8 heteroatoms. The van der Waals surface area contributed by atoms with Crippen molar-refractivity contribution in [3.05, 3.63) is 76.2 Å². The molecule has 0 spiro atoms. The molecule has 0 amide bonds. The Morgan fingerprint density at radius 1 is 1.11 bits per heavy atom. The Morgan fingerprint density at radius 3 is 2.41 bits per heavy atom. The van der Waals surface area contributed by atoms with E-state index in [-0.39, 0.29) is 9.67 Å². The quantitative estimate of drug-likeness (QED) is 0.613. The number of sulfonamides is 1. The van der Waals surface area contributed by atoms with Gasteiger partial charge in [0.05, 0.1) is 12.0 Å². The zero-order chi connectivity index (χ0) is 19.4. The number of hydrogen-bond acceptors (Lipinski definition) is 5. The molecule has 0 aliphatic rings. The highest BCUT2D eigenvalue weighted by molar-refractivity contribution is 7.92. The average Bonchev–Trinajstić information content (AvgIpc) is 2.64. The van der Waals surface area contributed by atoms with Gasteiger partial charge in [0.1, 0.15) is 11.6 Å². The molecule has 1 heterocycles. The molecule has 0 saturated carbocycles. The third-order valence-electron chi connectivity index (χ3n) is 4.01. The first-order valence-corrected chi connectivity index (χ1v) is 10.1. The summed E-state index contributed by atoms with van der Waals surface area (Å²) in [5, 5.41) is 0. The van der Waals surface area contributed by atoms with E-state index in [0.29, 0.717) is 17.8 Å². The number of H-pyrrole nitrogens is 1. The van der Waals surface area contributed by atoms with E-state index in [1.54, 1.807) is 37.6 Å². The first kappa shape index (κ1) is 19.1. The van der Waals surface area contributed by atoms with Crippen LogP contribution < -0.4 is 9.46 Å². The second-order valence-electron chi connectivity index (χ2n) is 6.03. The summed E-state index contributed by atoms with van der Waals surface area (Å²) in [5.74, 6) is 1.07. The van der Waals surface area contributed by atoms with E-state index < -0.39 is 10.0 Å². The summed E-state index contributed by atoms with van der Waals surface area (Å²) in [5.41, 5.74) is 2.65. The summed E-state index contributed by atoms with van der Waals surface area (Å²) in [4.78, 5) is 7.11. The summed E-state index contributed by atoms with van der Waals surface area (Å²) in [7, 11) is -2.14. The predicted molar refractivity (Wildman–Crippen MR) is 107 cm³/mol. The van der Waals surface area contributed by atoms with Crippen LogP contribution in [0, 0.1) is 11.7 Å². The highest BCUT2D eigenvalue weighted by atomic mass is 32.2. The normalized spacial score (nSPS) is 11.2. The number of rotatable bonds is 6. The first-order valence-electron chi connectivity index (χ1n) is 8.18. The minimum atomic E-state index is -3.75. The monoisotopic (exact) mass is 401 g/mol. The van der Waals surface area contributed by atoms with Gasteiger partial charge in [-0.15, -0.1) is 0 Å². The Balaban J connectivity index is 1.91. The second-order valence-corrected chi connectivity index (χ2v) is 8.10. The minimum Gasteiger partial charge on any atom is -0.497 e. The topological polar surface area (TPSA) is 84.1 Å². The van der Waals surface area contributed by atoms with E-state index in [4.69, 9.17) is 17.0 Å². The molecule has 0 radical (unpaired) electrons. The van der Waals surface area contributed by atoms with E-state index in [1.807, 2.05) is 31.2 Å². The third kappa shape index (κ3) is 4.72. The second kappa shape index (κ2) is 7.89. The van der Waals surface area contributed by atoms with Gasteiger partial charge in [0.2, 0.25) is 0 Å². The number of hydrogen-bond donors (Lipinski definition) is 2. The molecule has 6 nitrogen and oxygen atoms in total. The Bertz CT molecular complexity index is 1090. The van der Waals surface area contributed by atoms with Gasteiger partial charge in [0.25, 0.3) is 10.0 Å². The largest absolute Gasteiger partial charge is 0.497 e. The van der Waals surface area contributed by atoms with E-state index in [1.165, 1.54) is 0 Å². The molecule has 140 valence electrons. The van der Waals surface area contributed by atoms with E-state index in [2.05, 4.69) is 14.7 Å². The van der Waals surface area contributed by atoms with Crippen molar-refractivity contribution in [2.45, 2.75) is 18.2 Å². The minimum absolute atomic E-state index is 0.180. The Kier molecular flexibility index (Phi) is 5.57. The molecule has 1 aromatic heterocycles. The van der Waals surface area contributed by atoms with Crippen molar-refractivity contribution in [3.63, 3.8) is 0 Å². The molecule has 3 aromatic rings. The summed E-state index contributed by atoms with van der Waals surface area (Å²) in [6.45, 7) is 1.90. The predicted octanol–water partition coefficient (Wildman–Crippen LogP) is 3.85. The summed E-state index contributed by atoms with van der Waals surface area (Å²) in [6.07, 6.45) is 2.06. The van der Waals surface area contributed by atoms with Crippen molar-refractivity contribution in [1.29, 1.82) is 0 Å². The number of benzene rings is 2. The summed E-state index contributed by atoms with van der Waals surface area (Å²) in [6, 6.07) is 14.2. The van der Waals surface area contributed by atoms with Crippen LogP contribution >= 0.6 is 12.2 Å². The molecule has 2 aromatic carbocycles. The third-order valence-corrected chi connectivity index (χ3v) is 5.59. The number of aromatic nitrogens is 2. The fourth-order valence-corrected chi connectivity index (χ4v) is 3.74. The van der Waals surface area contributed by atoms with Crippen LogP contribution in [-0.2, 0) is 16.4 Å². The van der Waals surface area contributed by atoms with E-state index in [0.717, 1.165) is 16.9 Å². The molecule has 0 atom stereocenters. The molecule has 27 heavy (non-hydrogen) atoms. The van der Waals surface area contributed by atoms with Gasteiger partial charge < -0.3 is 9.72 Å². The van der Waals surface area contributed by atoms with Crippen LogP contribution in [0.3, 0.4) is 0 Å². The lowest BCUT2D eigenvalue weighted by Crippen LogP contribution is -2.16. The molecule has 0 fully saturated rings. The standard InChI is InChI=1S/C19H19N3O3S2/c1-13-3-9-17(10-4-13)27(23,24)22-18-15(12-20-19(26)21-18)11-14-5-7-16(25-2)8-6-14/h3-10,12H,11H2,1-2H3,(H2,20,21,22,26). The molecular weight excluding hydrogens is 382 g/mol. The maximum atomic E-state index is 12.7. The molecule has 0 unspecified atom stereocenters. The molecule has 2 N–H and O–H groups in total. The molecule has 0 saturated heterocycles. The zero-order valence-corrected chi connectivity index (χ0v) is 16.5. The molecular formula is C19H19N3O3S2. The first-order chi connectivity index (χ1) is 12.9. The number of aromatic amines is 1. The van der Waals surface area contributed by atoms with Crippen molar-refractivity contribution in [1.82, 2.24) is 9.97 Å². The van der Waals surface area contributed by atoms with Crippen molar-refractivity contribution in [2.24, 2.45) is 0 Å². The van der Waals surface area contributed by atoms with E-state index in [9.17, 15) is 8.42 Å². The Morgan fingerprint density at radius 2 is 1.78 bits per heavy atom. The summed E-state index contributed by atoms with van der Waals surface area (Å²) < 4.78 is 33.4. The summed E-state index contributed by atoms with van der Waals surface area (Å²) >= 11 is 5.06. The van der Waals surface area contributed by atoms with Gasteiger partial charge in [-0.3, -0.25) is 4.72 Å². The molecule has 0 aliphatic carbocycles. The highest BCUT2D eigenvalue weighted by Crippen LogP contribution is 2.21. The maximum Gasteiger partial charge on any atom is 0.263 e. The van der Waals surface area contributed by atoms with Crippen molar-refractivity contribution < 1.29 is 13.2 Å². The Labute approximate surface area is 163 Å². The fraction of sp³-hybridized carbons (Fsp3) is 0.158. The van der Waals surface area contributed by atoms with Gasteiger partial charge in [0, 0.05) is 18.2 Å². The smallest absolute Gasteiger partial charge is 0.263 e. The van der Waals surface area contributed by atoms with Gasteiger partial charge in [-0.25, -0.2) is 13.4 Å². The van der Waals surface area contributed by atoms with Gasteiger partial charge in [0.15, 0.2) is 4.77 Å². The van der Waals surface area contributed by atoms with Crippen LogP contribution in [0.4, 0.5) is 5.82 Å². The van der Waals surface area contributed by atoms with Crippen molar-refractivity contribution >= 4 is 28.1 Å². The van der Waals surface area contributed by atoms with Gasteiger partial charge in [-0.2, -0.15) is 0 Å². The molecule has 3 rings (SSSR count). The highest BCUT2D eigenvalue weighted by Gasteiger charge is 2.17. The van der Waals surface area contributed by atoms with Crippen LogP contribution in [0.25, 0.3) is 0 Å². The number of ether oxygens (including phenoxy) is 1. The SMILES string of the molecule is COc1ccc(Cc2cnc(=S)[nH]c2NS(=O)(=O)c2ccc(C)cc2)cc1. The van der Waals surface area contributed by atoms with Gasteiger partial charge >= 0.3 is 0 Å². The number of anilines is 1. The number of aryl methyl sites for hydroxylation is 1. The number of nitrogens with zero attached hydrogens (tertiary/aromatic N) is 1. The fourth-order valence-electron chi connectivity index (χ4n) is 2.52.